The normalized spacial score (nSPS) is 19.6. The highest BCUT2D eigenvalue weighted by Crippen LogP contribution is 2.21. The van der Waals surface area contributed by atoms with Crippen LogP contribution < -0.4 is 10.2 Å². The summed E-state index contributed by atoms with van der Waals surface area (Å²) < 4.78 is 23.9. The number of nitrogens with zero attached hydrogens (tertiary/aromatic N) is 1. The van der Waals surface area contributed by atoms with E-state index in [4.69, 9.17) is 0 Å². The highest BCUT2D eigenvalue weighted by molar-refractivity contribution is 7.91. The first-order chi connectivity index (χ1) is 9.04. The minimum absolute atomic E-state index is 0.217. The van der Waals surface area contributed by atoms with Crippen molar-refractivity contribution < 1.29 is 8.42 Å². The molecule has 1 N–H and O–H groups in total. The molecule has 19 heavy (non-hydrogen) atoms. The third-order valence-corrected chi connectivity index (χ3v) is 5.59. The maximum absolute atomic E-state index is 11.9. The largest absolute Gasteiger partial charge is 0.370 e. The van der Waals surface area contributed by atoms with Gasteiger partial charge in [-0.1, -0.05) is 6.92 Å². The van der Waals surface area contributed by atoms with Crippen LogP contribution in [0.4, 0.5) is 5.69 Å². The summed E-state index contributed by atoms with van der Waals surface area (Å²) in [5, 5.41) is 3.34. The molecular formula is C14H22N2O2S. The van der Waals surface area contributed by atoms with Gasteiger partial charge in [0.1, 0.15) is 0 Å². The molecule has 2 rings (SSSR count). The quantitative estimate of drug-likeness (QED) is 0.892. The number of rotatable bonds is 5. The zero-order valence-electron chi connectivity index (χ0n) is 11.6. The molecule has 0 aliphatic carbocycles. The molecule has 1 fully saturated rings. The molecule has 106 valence electrons. The molecular weight excluding hydrogens is 260 g/mol. The monoisotopic (exact) mass is 282 g/mol. The number of nitrogens with one attached hydrogen (secondary N) is 1. The lowest BCUT2D eigenvalue weighted by Crippen LogP contribution is -2.33. The first-order valence-corrected chi connectivity index (χ1v) is 8.46. The van der Waals surface area contributed by atoms with E-state index in [9.17, 15) is 8.42 Å². The van der Waals surface area contributed by atoms with E-state index in [0.29, 0.717) is 17.4 Å². The van der Waals surface area contributed by atoms with Crippen molar-refractivity contribution in [3.63, 3.8) is 0 Å². The van der Waals surface area contributed by atoms with Crippen molar-refractivity contribution in [3.8, 4) is 0 Å². The van der Waals surface area contributed by atoms with Crippen LogP contribution in [-0.4, -0.2) is 40.3 Å². The van der Waals surface area contributed by atoms with Gasteiger partial charge in [0.2, 0.25) is 0 Å². The lowest BCUT2D eigenvalue weighted by Gasteiger charge is -2.26. The van der Waals surface area contributed by atoms with Crippen LogP contribution in [0.1, 0.15) is 19.8 Å². The van der Waals surface area contributed by atoms with Crippen LogP contribution in [0.5, 0.6) is 0 Å². The fraction of sp³-hybridized carbons (Fsp3) is 0.571. The Balaban J connectivity index is 2.14. The smallest absolute Gasteiger partial charge is 0.178 e. The Morgan fingerprint density at radius 2 is 2.00 bits per heavy atom. The van der Waals surface area contributed by atoms with Gasteiger partial charge < -0.3 is 10.2 Å². The molecule has 0 amide bonds. The molecule has 1 aliphatic rings. The van der Waals surface area contributed by atoms with E-state index in [1.54, 1.807) is 12.1 Å². The van der Waals surface area contributed by atoms with Gasteiger partial charge in [0.15, 0.2) is 9.84 Å². The minimum Gasteiger partial charge on any atom is -0.370 e. The van der Waals surface area contributed by atoms with Gasteiger partial charge in [-0.15, -0.1) is 0 Å². The van der Waals surface area contributed by atoms with Gasteiger partial charge in [0.25, 0.3) is 0 Å². The van der Waals surface area contributed by atoms with Crippen molar-refractivity contribution in [1.29, 1.82) is 0 Å². The topological polar surface area (TPSA) is 49.4 Å². The summed E-state index contributed by atoms with van der Waals surface area (Å²) in [7, 11) is -1.04. The Labute approximate surface area is 115 Å². The Bertz CT molecular complexity index is 505. The van der Waals surface area contributed by atoms with E-state index in [0.717, 1.165) is 25.2 Å². The van der Waals surface area contributed by atoms with Gasteiger partial charge in [0.05, 0.1) is 10.6 Å². The Hall–Kier alpha value is -1.07. The Morgan fingerprint density at radius 1 is 1.32 bits per heavy atom. The lowest BCUT2D eigenvalue weighted by atomic mass is 10.2. The van der Waals surface area contributed by atoms with Gasteiger partial charge in [-0.2, -0.15) is 0 Å². The summed E-state index contributed by atoms with van der Waals surface area (Å²) >= 11 is 0. The van der Waals surface area contributed by atoms with Crippen molar-refractivity contribution in [2.75, 3.05) is 30.8 Å². The summed E-state index contributed by atoms with van der Waals surface area (Å²) in [6.07, 6.45) is 1.78. The number of benzene rings is 1. The van der Waals surface area contributed by atoms with E-state index in [2.05, 4.69) is 17.3 Å². The predicted octanol–water partition coefficient (Wildman–Crippen LogP) is 1.67. The van der Waals surface area contributed by atoms with Crippen LogP contribution in [0.3, 0.4) is 0 Å². The zero-order chi connectivity index (χ0) is 13.9. The SMILES string of the molecule is CCCS(=O)(=O)c1ccc(N(C)C2CCNC2)cc1. The van der Waals surface area contributed by atoms with Crippen LogP contribution in [-0.2, 0) is 9.84 Å². The average Bonchev–Trinajstić information content (AvgIpc) is 2.92. The number of sulfone groups is 1. The molecule has 5 heteroatoms. The third kappa shape index (κ3) is 3.28. The maximum atomic E-state index is 11.9. The van der Waals surface area contributed by atoms with Gasteiger partial charge in [0, 0.05) is 25.3 Å². The van der Waals surface area contributed by atoms with E-state index in [1.807, 2.05) is 19.1 Å². The van der Waals surface area contributed by atoms with E-state index >= 15 is 0 Å². The Kier molecular flexibility index (Phi) is 4.47. The van der Waals surface area contributed by atoms with Crippen molar-refractivity contribution >= 4 is 15.5 Å². The first-order valence-electron chi connectivity index (χ1n) is 6.81. The molecule has 4 nitrogen and oxygen atoms in total. The number of anilines is 1. The third-order valence-electron chi connectivity index (χ3n) is 3.66. The van der Waals surface area contributed by atoms with Crippen LogP contribution in [0.2, 0.25) is 0 Å². The maximum Gasteiger partial charge on any atom is 0.178 e. The van der Waals surface area contributed by atoms with Crippen molar-refractivity contribution in [2.24, 2.45) is 0 Å². The first kappa shape index (κ1) is 14.3. The molecule has 0 spiro atoms. The van der Waals surface area contributed by atoms with Crippen molar-refractivity contribution in [3.05, 3.63) is 24.3 Å². The zero-order valence-corrected chi connectivity index (χ0v) is 12.4. The van der Waals surface area contributed by atoms with Crippen LogP contribution in [0.25, 0.3) is 0 Å². The highest BCUT2D eigenvalue weighted by Gasteiger charge is 2.20. The second kappa shape index (κ2) is 5.92. The molecule has 1 saturated heterocycles. The Morgan fingerprint density at radius 3 is 2.53 bits per heavy atom. The average molecular weight is 282 g/mol. The van der Waals surface area contributed by atoms with Crippen molar-refractivity contribution in [1.82, 2.24) is 5.32 Å². The lowest BCUT2D eigenvalue weighted by molar-refractivity contribution is 0.594. The van der Waals surface area contributed by atoms with E-state index < -0.39 is 9.84 Å². The summed E-state index contributed by atoms with van der Waals surface area (Å²) in [4.78, 5) is 2.65. The summed E-state index contributed by atoms with van der Waals surface area (Å²) in [5.74, 6) is 0.217. The molecule has 1 atom stereocenters. The molecule has 1 aromatic rings. The molecule has 0 aromatic heterocycles. The summed E-state index contributed by atoms with van der Waals surface area (Å²) in [6.45, 7) is 3.93. The molecule has 1 heterocycles. The predicted molar refractivity (Wildman–Crippen MR) is 78.5 cm³/mol. The summed E-state index contributed by atoms with van der Waals surface area (Å²) in [6, 6.07) is 7.75. The molecule has 0 bridgehead atoms. The number of likely N-dealkylation sites (N-methyl/N-ethyl adjacent to an activating group) is 1. The van der Waals surface area contributed by atoms with Gasteiger partial charge >= 0.3 is 0 Å². The number of hydrogen-bond acceptors (Lipinski definition) is 4. The molecule has 0 radical (unpaired) electrons. The fourth-order valence-corrected chi connectivity index (χ4v) is 3.78. The van der Waals surface area contributed by atoms with Gasteiger partial charge in [-0.05, 0) is 43.7 Å². The van der Waals surface area contributed by atoms with E-state index in [1.165, 1.54) is 0 Å². The summed E-state index contributed by atoms with van der Waals surface area (Å²) in [5.41, 5.74) is 1.07. The van der Waals surface area contributed by atoms with Crippen LogP contribution >= 0.6 is 0 Å². The minimum atomic E-state index is -3.10. The number of hydrogen-bond donors (Lipinski definition) is 1. The van der Waals surface area contributed by atoms with Gasteiger partial charge in [-0.25, -0.2) is 8.42 Å². The molecule has 1 aliphatic heterocycles. The van der Waals surface area contributed by atoms with Gasteiger partial charge in [-0.3, -0.25) is 0 Å². The second-order valence-corrected chi connectivity index (χ2v) is 7.18. The van der Waals surface area contributed by atoms with Crippen LogP contribution in [0, 0.1) is 0 Å². The molecule has 1 aromatic carbocycles. The molecule has 1 unspecified atom stereocenters. The molecule has 0 saturated carbocycles. The highest BCUT2D eigenvalue weighted by atomic mass is 32.2. The fourth-order valence-electron chi connectivity index (χ4n) is 2.46. The van der Waals surface area contributed by atoms with Crippen LogP contribution in [0.15, 0.2) is 29.2 Å². The van der Waals surface area contributed by atoms with E-state index in [-0.39, 0.29) is 5.75 Å². The standard InChI is InChI=1S/C14H22N2O2S/c1-3-10-19(17,18)14-6-4-12(5-7-14)16(2)13-8-9-15-11-13/h4-7,13,15H,3,8-11H2,1-2H3. The van der Waals surface area contributed by atoms with Crippen molar-refractivity contribution in [2.45, 2.75) is 30.7 Å². The second-order valence-electron chi connectivity index (χ2n) is 5.07.